The number of amides is 1. The lowest BCUT2D eigenvalue weighted by molar-refractivity contribution is -0.140. The predicted octanol–water partition coefficient (Wildman–Crippen LogP) is 0.783. The average Bonchev–Trinajstić information content (AvgIpc) is 2.58. The molecule has 0 bridgehead atoms. The van der Waals surface area contributed by atoms with Gasteiger partial charge in [0.25, 0.3) is 5.56 Å². The number of methoxy groups -OCH3 is 1. The minimum absolute atomic E-state index is 0.0289. The summed E-state index contributed by atoms with van der Waals surface area (Å²) in [6.07, 6.45) is 2.43. The molecule has 0 radical (unpaired) electrons. The lowest BCUT2D eigenvalue weighted by Crippen LogP contribution is -2.52. The van der Waals surface area contributed by atoms with Gasteiger partial charge in [0, 0.05) is 40.1 Å². The second-order valence-corrected chi connectivity index (χ2v) is 6.63. The molecule has 1 aliphatic heterocycles. The minimum atomic E-state index is -0.767. The maximum Gasteiger partial charge on any atom is 0.258 e. The van der Waals surface area contributed by atoms with E-state index in [9.17, 15) is 9.59 Å². The van der Waals surface area contributed by atoms with Crippen LogP contribution in [0, 0.1) is 0 Å². The number of carbonyl (C=O) groups is 1. The van der Waals surface area contributed by atoms with Crippen molar-refractivity contribution in [1.82, 2.24) is 19.4 Å². The van der Waals surface area contributed by atoms with Crippen molar-refractivity contribution >= 4 is 22.8 Å². The summed E-state index contributed by atoms with van der Waals surface area (Å²) < 4.78 is 7.33. The third-order valence-electron chi connectivity index (χ3n) is 5.23. The Labute approximate surface area is 145 Å². The second kappa shape index (κ2) is 6.11. The van der Waals surface area contributed by atoms with Gasteiger partial charge < -0.3 is 15.4 Å². The maximum absolute atomic E-state index is 13.0. The van der Waals surface area contributed by atoms with Crippen LogP contribution < -0.4 is 11.3 Å². The molecule has 25 heavy (non-hydrogen) atoms. The van der Waals surface area contributed by atoms with Gasteiger partial charge in [-0.2, -0.15) is 0 Å². The Morgan fingerprint density at radius 1 is 1.44 bits per heavy atom. The van der Waals surface area contributed by atoms with Crippen LogP contribution in [0.4, 0.5) is 5.82 Å². The number of nitrogen functional groups attached to an aromatic ring is 1. The average molecular weight is 345 g/mol. The minimum Gasteiger partial charge on any atom is -0.383 e. The van der Waals surface area contributed by atoms with Gasteiger partial charge in [-0.15, -0.1) is 0 Å². The highest BCUT2D eigenvalue weighted by atomic mass is 16.5. The van der Waals surface area contributed by atoms with Crippen LogP contribution in [-0.4, -0.2) is 45.0 Å². The van der Waals surface area contributed by atoms with Gasteiger partial charge in [-0.1, -0.05) is 0 Å². The van der Waals surface area contributed by atoms with E-state index in [-0.39, 0.29) is 17.5 Å². The number of fused-ring (bicyclic) bond motifs is 1. The standard InChI is InChI=1S/C17H23N5O3/c1-10-8-17(25-4,5-6-22(10)11(2)23)13-7-12-14(18)19-9-20-15(12)21(3)16(13)24/h7,9-10H,5-6,8H2,1-4H3,(H2,18,19,20)/t10-,17+/m0/s1. The number of aromatic nitrogens is 3. The van der Waals surface area contributed by atoms with E-state index in [0.29, 0.717) is 41.8 Å². The lowest BCUT2D eigenvalue weighted by atomic mass is 9.81. The van der Waals surface area contributed by atoms with Crippen molar-refractivity contribution in [3.63, 3.8) is 0 Å². The number of nitrogens with zero attached hydrogens (tertiary/aromatic N) is 4. The zero-order valence-corrected chi connectivity index (χ0v) is 14.9. The maximum atomic E-state index is 13.0. The molecule has 2 aromatic rings. The molecule has 3 heterocycles. The number of ether oxygens (including phenoxy) is 1. The van der Waals surface area contributed by atoms with Gasteiger partial charge in [-0.3, -0.25) is 14.2 Å². The summed E-state index contributed by atoms with van der Waals surface area (Å²) >= 11 is 0. The fraction of sp³-hybridized carbons (Fsp3) is 0.529. The molecule has 0 aromatic carbocycles. The van der Waals surface area contributed by atoms with Crippen LogP contribution >= 0.6 is 0 Å². The number of likely N-dealkylation sites (tertiary alicyclic amines) is 1. The highest BCUT2D eigenvalue weighted by molar-refractivity contribution is 5.85. The van der Waals surface area contributed by atoms with Crippen molar-refractivity contribution in [3.8, 4) is 0 Å². The number of hydrogen-bond acceptors (Lipinski definition) is 6. The van der Waals surface area contributed by atoms with Crippen molar-refractivity contribution in [3.05, 3.63) is 28.3 Å². The molecule has 3 rings (SSSR count). The molecule has 1 fully saturated rings. The molecular formula is C17H23N5O3. The number of nitrogens with two attached hydrogens (primary N) is 1. The van der Waals surface area contributed by atoms with Gasteiger partial charge in [-0.05, 0) is 19.4 Å². The molecule has 8 heteroatoms. The van der Waals surface area contributed by atoms with Gasteiger partial charge in [0.05, 0.1) is 10.9 Å². The number of aryl methyl sites for hydroxylation is 1. The van der Waals surface area contributed by atoms with Crippen molar-refractivity contribution in [2.75, 3.05) is 19.4 Å². The first-order chi connectivity index (χ1) is 11.8. The molecule has 1 amide bonds. The zero-order chi connectivity index (χ0) is 18.4. The number of piperidine rings is 1. The second-order valence-electron chi connectivity index (χ2n) is 6.63. The van der Waals surface area contributed by atoms with E-state index in [2.05, 4.69) is 9.97 Å². The molecule has 0 spiro atoms. The summed E-state index contributed by atoms with van der Waals surface area (Å²) in [5.74, 6) is 0.351. The number of hydrogen-bond donors (Lipinski definition) is 1. The summed E-state index contributed by atoms with van der Waals surface area (Å²) in [5, 5.41) is 0.623. The van der Waals surface area contributed by atoms with Gasteiger partial charge in [0.2, 0.25) is 5.91 Å². The van der Waals surface area contributed by atoms with Crippen LogP contribution in [0.25, 0.3) is 11.0 Å². The van der Waals surface area contributed by atoms with Crippen molar-refractivity contribution in [2.24, 2.45) is 7.05 Å². The van der Waals surface area contributed by atoms with Crippen LogP contribution in [0.2, 0.25) is 0 Å². The van der Waals surface area contributed by atoms with Gasteiger partial charge in [0.15, 0.2) is 0 Å². The third kappa shape index (κ3) is 2.66. The highest BCUT2D eigenvalue weighted by Gasteiger charge is 2.42. The van der Waals surface area contributed by atoms with Crippen LogP contribution in [0.1, 0.15) is 32.3 Å². The Bertz CT molecular complexity index is 894. The Hall–Kier alpha value is -2.48. The van der Waals surface area contributed by atoms with Crippen molar-refractivity contribution in [1.29, 1.82) is 0 Å². The summed E-state index contributed by atoms with van der Waals surface area (Å²) in [6, 6.07) is 1.71. The first kappa shape index (κ1) is 17.3. The molecular weight excluding hydrogens is 322 g/mol. The van der Waals surface area contributed by atoms with Crippen LogP contribution in [0.15, 0.2) is 17.2 Å². The molecule has 1 saturated heterocycles. The first-order valence-corrected chi connectivity index (χ1v) is 8.24. The molecule has 0 unspecified atom stereocenters. The predicted molar refractivity (Wildman–Crippen MR) is 94.0 cm³/mol. The normalized spacial score (nSPS) is 23.8. The largest absolute Gasteiger partial charge is 0.383 e. The molecule has 0 saturated carbocycles. The summed E-state index contributed by atoms with van der Waals surface area (Å²) in [5.41, 5.74) is 6.07. The SMILES string of the molecule is CO[C@]1(c2cc3c(N)ncnc3n(C)c2=O)CCN(C(C)=O)[C@@H](C)C1. The van der Waals surface area contributed by atoms with E-state index in [1.807, 2.05) is 6.92 Å². The summed E-state index contributed by atoms with van der Waals surface area (Å²) in [4.78, 5) is 34.7. The van der Waals surface area contributed by atoms with Crippen LogP contribution in [0.5, 0.6) is 0 Å². The quantitative estimate of drug-likeness (QED) is 0.863. The van der Waals surface area contributed by atoms with Crippen molar-refractivity contribution < 1.29 is 9.53 Å². The third-order valence-corrected chi connectivity index (χ3v) is 5.23. The summed E-state index contributed by atoms with van der Waals surface area (Å²) in [6.45, 7) is 4.06. The fourth-order valence-electron chi connectivity index (χ4n) is 3.83. The van der Waals surface area contributed by atoms with Gasteiger partial charge in [0.1, 0.15) is 23.4 Å². The topological polar surface area (TPSA) is 103 Å². The van der Waals surface area contributed by atoms with E-state index in [4.69, 9.17) is 10.5 Å². The van der Waals surface area contributed by atoms with Crippen molar-refractivity contribution in [2.45, 2.75) is 38.3 Å². The number of carbonyl (C=O) groups excluding carboxylic acids is 1. The monoisotopic (exact) mass is 345 g/mol. The fourth-order valence-corrected chi connectivity index (χ4v) is 3.83. The van der Waals surface area contributed by atoms with Crippen LogP contribution in [0.3, 0.4) is 0 Å². The Kier molecular flexibility index (Phi) is 4.24. The van der Waals surface area contributed by atoms with E-state index >= 15 is 0 Å². The molecule has 2 aromatic heterocycles. The van der Waals surface area contributed by atoms with E-state index in [0.717, 1.165) is 0 Å². The molecule has 134 valence electrons. The molecule has 1 aliphatic rings. The molecule has 2 N–H and O–H groups in total. The first-order valence-electron chi connectivity index (χ1n) is 8.24. The van der Waals surface area contributed by atoms with E-state index in [1.165, 1.54) is 10.9 Å². The molecule has 2 atom stereocenters. The Balaban J connectivity index is 2.17. The Morgan fingerprint density at radius 3 is 2.76 bits per heavy atom. The van der Waals surface area contributed by atoms with Crippen LogP contribution in [-0.2, 0) is 22.2 Å². The number of rotatable bonds is 2. The van der Waals surface area contributed by atoms with E-state index in [1.54, 1.807) is 32.0 Å². The molecule has 0 aliphatic carbocycles. The van der Waals surface area contributed by atoms with Gasteiger partial charge in [-0.25, -0.2) is 9.97 Å². The van der Waals surface area contributed by atoms with E-state index < -0.39 is 5.60 Å². The molecule has 8 nitrogen and oxygen atoms in total. The lowest BCUT2D eigenvalue weighted by Gasteiger charge is -2.44. The summed E-state index contributed by atoms with van der Waals surface area (Å²) in [7, 11) is 3.27. The smallest absolute Gasteiger partial charge is 0.258 e. The van der Waals surface area contributed by atoms with Gasteiger partial charge >= 0.3 is 0 Å². The highest BCUT2D eigenvalue weighted by Crippen LogP contribution is 2.38. The zero-order valence-electron chi connectivity index (χ0n) is 14.9. The Morgan fingerprint density at radius 2 is 2.16 bits per heavy atom. The number of anilines is 1. The number of pyridine rings is 1.